The fourth-order valence-corrected chi connectivity index (χ4v) is 7.88. The van der Waals surface area contributed by atoms with Crippen molar-refractivity contribution >= 4 is 62.0 Å². The second-order valence-electron chi connectivity index (χ2n) is 10.7. The number of benzene rings is 1. The van der Waals surface area contributed by atoms with Gasteiger partial charge in [-0.3, -0.25) is 25.1 Å². The molecule has 1 saturated heterocycles. The minimum absolute atomic E-state index is 0.0141. The Hall–Kier alpha value is -4.39. The second-order valence-corrected chi connectivity index (χ2v) is 13.7. The molecule has 3 amide bonds. The van der Waals surface area contributed by atoms with Gasteiger partial charge >= 0.3 is 12.1 Å². The molecule has 240 valence electrons. The van der Waals surface area contributed by atoms with Gasteiger partial charge in [-0.15, -0.1) is 11.3 Å². The van der Waals surface area contributed by atoms with E-state index in [4.69, 9.17) is 10.5 Å². The number of ether oxygens (including phenoxy) is 1. The van der Waals surface area contributed by atoms with Crippen molar-refractivity contribution < 1.29 is 37.4 Å². The number of methoxy groups -OCH3 is 1. The molecule has 0 radical (unpaired) electrons. The third-order valence-electron chi connectivity index (χ3n) is 7.58. The maximum atomic E-state index is 13.8. The number of amides is 3. The number of aliphatic carboxylic acids is 1. The molecular weight excluding hydrogens is 628 g/mol. The zero-order valence-electron chi connectivity index (χ0n) is 24.5. The van der Waals surface area contributed by atoms with Gasteiger partial charge < -0.3 is 29.9 Å². The molecule has 2 aliphatic rings. The molecule has 5 N–H and O–H groups in total. The number of piperazine rings is 1. The summed E-state index contributed by atoms with van der Waals surface area (Å²) in [4.78, 5) is 60.8. The average molecular weight is 661 g/mol. The highest BCUT2D eigenvalue weighted by atomic mass is 32.2. The molecule has 18 heteroatoms. The van der Waals surface area contributed by atoms with Crippen LogP contribution in [0.15, 0.2) is 29.3 Å². The van der Waals surface area contributed by atoms with Gasteiger partial charge in [0.2, 0.25) is 5.91 Å². The van der Waals surface area contributed by atoms with E-state index in [1.807, 2.05) is 7.05 Å². The Bertz CT molecular complexity index is 1790. The fraction of sp³-hybridized carbons (Fsp3) is 0.407. The number of thiazole rings is 1. The third kappa shape index (κ3) is 6.98. The number of carbonyl (C=O) groups is 4. The van der Waals surface area contributed by atoms with Crippen molar-refractivity contribution in [2.45, 2.75) is 30.5 Å². The van der Waals surface area contributed by atoms with Crippen LogP contribution < -0.4 is 10.6 Å². The van der Waals surface area contributed by atoms with Crippen LogP contribution in [0.25, 0.3) is 10.9 Å². The lowest BCUT2D eigenvalue weighted by atomic mass is 10.1. The van der Waals surface area contributed by atoms with Gasteiger partial charge in [0.05, 0.1) is 18.8 Å². The summed E-state index contributed by atoms with van der Waals surface area (Å²) in [5.41, 5.74) is 1.66. The quantitative estimate of drug-likeness (QED) is 0.165. The molecule has 0 bridgehead atoms. The van der Waals surface area contributed by atoms with Crippen LogP contribution in [0, 0.1) is 5.41 Å². The SMILES string of the molecule is COC(=O)NC(=N)c1ccc2[nH]c(S(=O)(=O)N3CCN(C(=O)c4nc5c(s4)CN(C)CC5)C(CC(=O)NCC(=O)O)C3)cc2c1. The standard InChI is InChI=1S/C27H32N8O8S2/c1-33-6-5-19-20(14-33)44-25(31-19)26(39)35-8-7-34(13-17(35)11-21(36)29-12-23(37)38)45(41,42)22-10-16-9-15(3-4-18(16)30-22)24(28)32-27(40)43-2/h3-4,9-10,17,30H,5-8,11-14H2,1-2H3,(H,29,36)(H,37,38)(H2,28,32,40). The predicted octanol–water partition coefficient (Wildman–Crippen LogP) is 0.400. The molecule has 0 spiro atoms. The molecule has 4 heterocycles. The van der Waals surface area contributed by atoms with Crippen LogP contribution in [0.2, 0.25) is 0 Å². The molecule has 1 unspecified atom stereocenters. The van der Waals surface area contributed by atoms with Crippen LogP contribution in [0.5, 0.6) is 0 Å². The number of aromatic nitrogens is 2. The lowest BCUT2D eigenvalue weighted by Gasteiger charge is -2.40. The van der Waals surface area contributed by atoms with Gasteiger partial charge in [0, 0.05) is 66.9 Å². The molecule has 0 saturated carbocycles. The minimum Gasteiger partial charge on any atom is -0.480 e. The Kier molecular flexibility index (Phi) is 9.19. The van der Waals surface area contributed by atoms with Crippen LogP contribution >= 0.6 is 11.3 Å². The number of H-pyrrole nitrogens is 1. The Balaban J connectivity index is 1.38. The summed E-state index contributed by atoms with van der Waals surface area (Å²) >= 11 is 1.28. The second kappa shape index (κ2) is 12.9. The Morgan fingerprint density at radius 2 is 1.98 bits per heavy atom. The number of carboxylic acid groups (broad SMARTS) is 1. The molecule has 2 aromatic heterocycles. The molecule has 1 atom stereocenters. The van der Waals surface area contributed by atoms with Gasteiger partial charge in [0.15, 0.2) is 5.01 Å². The topological polar surface area (TPSA) is 218 Å². The molecule has 0 aliphatic carbocycles. The van der Waals surface area contributed by atoms with Crippen molar-refractivity contribution in [1.29, 1.82) is 5.41 Å². The fourth-order valence-electron chi connectivity index (χ4n) is 5.25. The van der Waals surface area contributed by atoms with Gasteiger partial charge in [0.25, 0.3) is 15.9 Å². The summed E-state index contributed by atoms with van der Waals surface area (Å²) in [7, 11) is -0.994. The molecule has 3 aromatic rings. The number of hydrogen-bond donors (Lipinski definition) is 5. The highest BCUT2D eigenvalue weighted by Gasteiger charge is 2.39. The number of aromatic amines is 1. The molecule has 45 heavy (non-hydrogen) atoms. The zero-order valence-corrected chi connectivity index (χ0v) is 26.1. The van der Waals surface area contributed by atoms with Crippen LogP contribution in [0.3, 0.4) is 0 Å². The Morgan fingerprint density at radius 3 is 2.71 bits per heavy atom. The van der Waals surface area contributed by atoms with E-state index in [1.54, 1.807) is 12.1 Å². The van der Waals surface area contributed by atoms with E-state index < -0.39 is 46.5 Å². The van der Waals surface area contributed by atoms with Crippen molar-refractivity contribution in [2.75, 3.05) is 46.9 Å². The van der Waals surface area contributed by atoms with Gasteiger partial charge in [-0.05, 0) is 31.3 Å². The number of likely N-dealkylation sites (N-methyl/N-ethyl adjacent to an activating group) is 1. The largest absolute Gasteiger partial charge is 0.480 e. The zero-order chi connectivity index (χ0) is 32.5. The van der Waals surface area contributed by atoms with Crippen molar-refractivity contribution in [1.82, 2.24) is 34.7 Å². The smallest absolute Gasteiger partial charge is 0.412 e. The first-order valence-corrected chi connectivity index (χ1v) is 16.1. The molecule has 2 aliphatic heterocycles. The third-order valence-corrected chi connectivity index (χ3v) is 10.4. The monoisotopic (exact) mass is 660 g/mol. The van der Waals surface area contributed by atoms with E-state index >= 15 is 0 Å². The summed E-state index contributed by atoms with van der Waals surface area (Å²) in [6, 6.07) is 5.18. The first kappa shape index (κ1) is 32.0. The van der Waals surface area contributed by atoms with Gasteiger partial charge in [-0.2, -0.15) is 4.31 Å². The summed E-state index contributed by atoms with van der Waals surface area (Å²) < 4.78 is 33.3. The van der Waals surface area contributed by atoms with Gasteiger partial charge in [-0.25, -0.2) is 18.2 Å². The van der Waals surface area contributed by atoms with Crippen molar-refractivity contribution in [3.63, 3.8) is 0 Å². The van der Waals surface area contributed by atoms with Crippen molar-refractivity contribution in [3.05, 3.63) is 45.4 Å². The normalized spacial score (nSPS) is 17.5. The van der Waals surface area contributed by atoms with E-state index in [9.17, 15) is 27.6 Å². The first-order valence-electron chi connectivity index (χ1n) is 13.9. The van der Waals surface area contributed by atoms with Crippen molar-refractivity contribution in [3.8, 4) is 0 Å². The highest BCUT2D eigenvalue weighted by molar-refractivity contribution is 7.89. The highest BCUT2D eigenvalue weighted by Crippen LogP contribution is 2.29. The van der Waals surface area contributed by atoms with Gasteiger partial charge in [-0.1, -0.05) is 0 Å². The molecule has 5 rings (SSSR count). The number of carboxylic acids is 1. The lowest BCUT2D eigenvalue weighted by Crippen LogP contribution is -2.57. The number of alkyl carbamates (subject to hydrolysis) is 1. The molecule has 16 nitrogen and oxygen atoms in total. The van der Waals surface area contributed by atoms with E-state index in [0.29, 0.717) is 29.4 Å². The average Bonchev–Trinajstić information content (AvgIpc) is 3.63. The predicted molar refractivity (Wildman–Crippen MR) is 162 cm³/mol. The molecule has 1 aromatic carbocycles. The first-order chi connectivity index (χ1) is 21.3. The van der Waals surface area contributed by atoms with Crippen LogP contribution in [-0.2, 0) is 37.3 Å². The number of fused-ring (bicyclic) bond motifs is 2. The Morgan fingerprint density at radius 1 is 1.20 bits per heavy atom. The van der Waals surface area contributed by atoms with E-state index in [2.05, 4.69) is 30.2 Å². The summed E-state index contributed by atoms with van der Waals surface area (Å²) in [5, 5.41) is 22.2. The lowest BCUT2D eigenvalue weighted by molar-refractivity contribution is -0.138. The van der Waals surface area contributed by atoms with E-state index in [1.165, 1.54) is 39.8 Å². The van der Waals surface area contributed by atoms with Crippen molar-refractivity contribution in [2.24, 2.45) is 0 Å². The van der Waals surface area contributed by atoms with Crippen LogP contribution in [-0.4, -0.2) is 120 Å². The van der Waals surface area contributed by atoms with Crippen LogP contribution in [0.1, 0.15) is 32.4 Å². The number of nitrogens with one attached hydrogen (secondary N) is 4. The molecular formula is C27H32N8O8S2. The maximum absolute atomic E-state index is 13.8. The van der Waals surface area contributed by atoms with Gasteiger partial charge in [0.1, 0.15) is 17.4 Å². The number of amidine groups is 1. The molecule has 1 fully saturated rings. The van der Waals surface area contributed by atoms with E-state index in [-0.39, 0.29) is 41.9 Å². The number of carbonyl (C=O) groups excluding carboxylic acids is 3. The summed E-state index contributed by atoms with van der Waals surface area (Å²) in [6.45, 7) is 0.593. The minimum atomic E-state index is -4.14. The number of nitrogens with zero attached hydrogens (tertiary/aromatic N) is 4. The van der Waals surface area contributed by atoms with E-state index in [0.717, 1.165) is 17.1 Å². The maximum Gasteiger partial charge on any atom is 0.412 e. The Labute approximate surface area is 261 Å². The summed E-state index contributed by atoms with van der Waals surface area (Å²) in [5.74, 6) is -2.51. The summed E-state index contributed by atoms with van der Waals surface area (Å²) in [6.07, 6.45) is -0.426. The number of sulfonamides is 1. The number of hydrogen-bond acceptors (Lipinski definition) is 11. The number of rotatable bonds is 8. The van der Waals surface area contributed by atoms with Crippen LogP contribution in [0.4, 0.5) is 4.79 Å².